The molecule has 1 heterocycles. The van der Waals surface area contributed by atoms with Crippen molar-refractivity contribution < 1.29 is 4.74 Å². The molecular formula is C24H23NO. The molecule has 2 heteroatoms. The van der Waals surface area contributed by atoms with Crippen LogP contribution < -0.4 is 0 Å². The van der Waals surface area contributed by atoms with E-state index < -0.39 is 5.60 Å². The van der Waals surface area contributed by atoms with Crippen molar-refractivity contribution in [2.24, 2.45) is 4.99 Å². The van der Waals surface area contributed by atoms with Crippen molar-refractivity contribution in [2.45, 2.75) is 31.9 Å². The molecule has 3 aromatic carbocycles. The Morgan fingerprint density at radius 3 is 1.88 bits per heavy atom. The first-order chi connectivity index (χ1) is 12.7. The molecule has 0 bridgehead atoms. The second kappa shape index (κ2) is 6.80. The van der Waals surface area contributed by atoms with Crippen LogP contribution in [-0.4, -0.2) is 12.4 Å². The molecule has 0 N–H and O–H groups in total. The van der Waals surface area contributed by atoms with Gasteiger partial charge in [-0.25, -0.2) is 4.99 Å². The molecule has 0 unspecified atom stereocenters. The largest absolute Gasteiger partial charge is 0.465 e. The van der Waals surface area contributed by atoms with Gasteiger partial charge >= 0.3 is 0 Å². The number of hydrogen-bond acceptors (Lipinski definition) is 2. The number of nitrogens with zero attached hydrogens (tertiary/aromatic N) is 1. The zero-order valence-electron chi connectivity index (χ0n) is 15.2. The smallest absolute Gasteiger partial charge is 0.183 e. The number of aryl methyl sites for hydroxylation is 2. The molecule has 3 aromatic rings. The summed E-state index contributed by atoms with van der Waals surface area (Å²) in [7, 11) is 0. The summed E-state index contributed by atoms with van der Waals surface area (Å²) >= 11 is 0. The summed E-state index contributed by atoms with van der Waals surface area (Å²) in [5.41, 5.74) is 5.50. The predicted octanol–water partition coefficient (Wildman–Crippen LogP) is 5.22. The summed E-state index contributed by atoms with van der Waals surface area (Å²) in [5, 5.41) is 0. The van der Waals surface area contributed by atoms with Crippen molar-refractivity contribution in [1.82, 2.24) is 0 Å². The Labute approximate surface area is 155 Å². The highest BCUT2D eigenvalue weighted by Gasteiger charge is 2.48. The highest BCUT2D eigenvalue weighted by molar-refractivity contribution is 5.59. The number of rotatable bonds is 4. The molecule has 0 fully saturated rings. The minimum Gasteiger partial charge on any atom is -0.465 e. The average molecular weight is 341 g/mol. The summed E-state index contributed by atoms with van der Waals surface area (Å²) < 4.78 is 6.37. The molecule has 1 aliphatic heterocycles. The highest BCUT2D eigenvalue weighted by Crippen LogP contribution is 2.44. The minimum absolute atomic E-state index is 0.00731. The fourth-order valence-electron chi connectivity index (χ4n) is 4.01. The Balaban J connectivity index is 1.89. The normalized spacial score (nSPS) is 17.8. The summed E-state index contributed by atoms with van der Waals surface area (Å²) in [5.74, 6) is 0. The van der Waals surface area contributed by atoms with Crippen LogP contribution in [0, 0.1) is 13.8 Å². The Morgan fingerprint density at radius 2 is 1.31 bits per heavy atom. The second-order valence-corrected chi connectivity index (χ2v) is 6.94. The van der Waals surface area contributed by atoms with Crippen molar-refractivity contribution in [3.63, 3.8) is 0 Å². The first kappa shape index (κ1) is 16.6. The molecule has 0 aliphatic carbocycles. The van der Waals surface area contributed by atoms with Gasteiger partial charge in [0.05, 0.1) is 0 Å². The number of hydrogen-bond donors (Lipinski definition) is 0. The van der Waals surface area contributed by atoms with Gasteiger partial charge in [0.2, 0.25) is 0 Å². The van der Waals surface area contributed by atoms with E-state index in [1.54, 1.807) is 6.40 Å². The van der Waals surface area contributed by atoms with Crippen LogP contribution in [0.1, 0.15) is 27.8 Å². The Hall–Kier alpha value is -2.87. The first-order valence-corrected chi connectivity index (χ1v) is 9.07. The van der Waals surface area contributed by atoms with E-state index in [1.165, 1.54) is 27.8 Å². The van der Waals surface area contributed by atoms with Gasteiger partial charge in [-0.2, -0.15) is 0 Å². The zero-order chi connectivity index (χ0) is 18.0. The Kier molecular flexibility index (Phi) is 4.34. The molecule has 0 spiro atoms. The van der Waals surface area contributed by atoms with Gasteiger partial charge < -0.3 is 4.74 Å². The fourth-order valence-corrected chi connectivity index (χ4v) is 4.01. The van der Waals surface area contributed by atoms with Crippen molar-refractivity contribution in [1.29, 1.82) is 0 Å². The van der Waals surface area contributed by atoms with Crippen molar-refractivity contribution in [3.8, 4) is 0 Å². The lowest BCUT2D eigenvalue weighted by molar-refractivity contribution is 0.102. The van der Waals surface area contributed by atoms with Gasteiger partial charge in [-0.05, 0) is 37.0 Å². The SMILES string of the molecule is Cc1ccccc1C1(c2ccccc2C)OC=N[C@@H]1Cc1ccccc1. The Morgan fingerprint density at radius 1 is 0.769 bits per heavy atom. The molecule has 1 atom stereocenters. The van der Waals surface area contributed by atoms with Crippen LogP contribution in [0.3, 0.4) is 0 Å². The van der Waals surface area contributed by atoms with E-state index in [4.69, 9.17) is 9.73 Å². The van der Waals surface area contributed by atoms with Crippen LogP contribution in [0.25, 0.3) is 0 Å². The standard InChI is InChI=1S/C24H23NO/c1-18-10-6-8-14-21(18)24(22-15-9-7-11-19(22)2)23(25-17-26-24)16-20-12-4-3-5-13-20/h3-15,17,23H,16H2,1-2H3/t23-/m1/s1. The molecule has 0 amide bonds. The predicted molar refractivity (Wildman–Crippen MR) is 107 cm³/mol. The van der Waals surface area contributed by atoms with E-state index in [2.05, 4.69) is 86.6 Å². The van der Waals surface area contributed by atoms with E-state index in [-0.39, 0.29) is 6.04 Å². The van der Waals surface area contributed by atoms with Gasteiger partial charge in [-0.15, -0.1) is 0 Å². The summed E-state index contributed by atoms with van der Waals surface area (Å²) in [4.78, 5) is 4.77. The van der Waals surface area contributed by atoms with E-state index in [1.807, 2.05) is 6.07 Å². The first-order valence-electron chi connectivity index (χ1n) is 9.07. The zero-order valence-corrected chi connectivity index (χ0v) is 15.2. The van der Waals surface area contributed by atoms with Gasteiger partial charge in [0, 0.05) is 11.1 Å². The van der Waals surface area contributed by atoms with Crippen molar-refractivity contribution in [2.75, 3.05) is 0 Å². The van der Waals surface area contributed by atoms with E-state index in [0.29, 0.717) is 0 Å². The molecule has 0 saturated heterocycles. The molecule has 26 heavy (non-hydrogen) atoms. The van der Waals surface area contributed by atoms with Crippen LogP contribution in [0.15, 0.2) is 83.9 Å². The maximum atomic E-state index is 6.37. The van der Waals surface area contributed by atoms with Crippen molar-refractivity contribution in [3.05, 3.63) is 107 Å². The summed E-state index contributed by atoms with van der Waals surface area (Å²) in [6.45, 7) is 4.30. The maximum Gasteiger partial charge on any atom is 0.183 e. The number of ether oxygens (including phenoxy) is 1. The molecule has 0 saturated carbocycles. The molecule has 2 nitrogen and oxygen atoms in total. The molecule has 0 aromatic heterocycles. The topological polar surface area (TPSA) is 21.6 Å². The third-order valence-electron chi connectivity index (χ3n) is 5.31. The van der Waals surface area contributed by atoms with Crippen molar-refractivity contribution >= 4 is 6.40 Å². The van der Waals surface area contributed by atoms with Gasteiger partial charge in [0.25, 0.3) is 0 Å². The lowest BCUT2D eigenvalue weighted by Gasteiger charge is -2.36. The van der Waals surface area contributed by atoms with Crippen LogP contribution >= 0.6 is 0 Å². The van der Waals surface area contributed by atoms with Gasteiger partial charge in [0.15, 0.2) is 12.0 Å². The van der Waals surface area contributed by atoms with E-state index in [0.717, 1.165) is 6.42 Å². The molecule has 0 radical (unpaired) electrons. The molecule has 1 aliphatic rings. The van der Waals surface area contributed by atoms with Crippen LogP contribution in [-0.2, 0) is 16.8 Å². The van der Waals surface area contributed by atoms with Crippen LogP contribution in [0.5, 0.6) is 0 Å². The van der Waals surface area contributed by atoms with Gasteiger partial charge in [-0.1, -0.05) is 78.9 Å². The minimum atomic E-state index is -0.591. The molecule has 4 rings (SSSR count). The average Bonchev–Trinajstić information content (AvgIpc) is 3.07. The number of aliphatic imine (C=N–C) groups is 1. The molecular weight excluding hydrogens is 318 g/mol. The quantitative estimate of drug-likeness (QED) is 0.638. The maximum absolute atomic E-state index is 6.37. The summed E-state index contributed by atoms with van der Waals surface area (Å²) in [6.07, 6.45) is 2.48. The second-order valence-electron chi connectivity index (χ2n) is 6.94. The lowest BCUT2D eigenvalue weighted by Crippen LogP contribution is -2.41. The highest BCUT2D eigenvalue weighted by atomic mass is 16.5. The molecule has 130 valence electrons. The fraction of sp³-hybridized carbons (Fsp3) is 0.208. The van der Waals surface area contributed by atoms with Gasteiger partial charge in [-0.3, -0.25) is 0 Å². The Bertz CT molecular complexity index is 884. The third kappa shape index (κ3) is 2.72. The lowest BCUT2D eigenvalue weighted by atomic mass is 9.75. The third-order valence-corrected chi connectivity index (χ3v) is 5.31. The monoisotopic (exact) mass is 341 g/mol. The van der Waals surface area contributed by atoms with E-state index in [9.17, 15) is 0 Å². The van der Waals surface area contributed by atoms with E-state index >= 15 is 0 Å². The summed E-state index contributed by atoms with van der Waals surface area (Å²) in [6, 6.07) is 27.5. The van der Waals surface area contributed by atoms with Gasteiger partial charge in [0.1, 0.15) is 6.04 Å². The number of benzene rings is 3. The van der Waals surface area contributed by atoms with Crippen LogP contribution in [0.4, 0.5) is 0 Å². The van der Waals surface area contributed by atoms with Crippen LogP contribution in [0.2, 0.25) is 0 Å².